The largest absolute Gasteiger partial charge is 0.388 e. The average Bonchev–Trinajstić information content (AvgIpc) is 2.37. The van der Waals surface area contributed by atoms with E-state index < -0.39 is 6.10 Å². The normalized spacial score (nSPS) is 19.2. The Kier molecular flexibility index (Phi) is 2.61. The molecule has 0 bridgehead atoms. The highest BCUT2D eigenvalue weighted by molar-refractivity contribution is 5.40. The molecule has 1 heterocycles. The van der Waals surface area contributed by atoms with Crippen LogP contribution in [0.4, 0.5) is 0 Å². The van der Waals surface area contributed by atoms with Gasteiger partial charge in [0.2, 0.25) is 0 Å². The number of fused-ring (bicyclic) bond motifs is 1. The van der Waals surface area contributed by atoms with Crippen molar-refractivity contribution < 1.29 is 5.11 Å². The minimum atomic E-state index is -0.441. The van der Waals surface area contributed by atoms with Crippen molar-refractivity contribution in [2.45, 2.75) is 24.9 Å². The fraction of sp³-hybridized carbons (Fsp3) is 0.286. The molecule has 0 aliphatic heterocycles. The molecule has 1 N–H and O–H groups in total. The molecule has 1 aliphatic carbocycles. The van der Waals surface area contributed by atoms with Crippen LogP contribution >= 0.6 is 0 Å². The van der Waals surface area contributed by atoms with Gasteiger partial charge >= 0.3 is 0 Å². The molecule has 3 heteroatoms. The monoisotopic (exact) mass is 226 g/mol. The van der Waals surface area contributed by atoms with Gasteiger partial charge in [-0.05, 0) is 36.0 Å². The van der Waals surface area contributed by atoms with E-state index in [0.29, 0.717) is 5.92 Å². The van der Waals surface area contributed by atoms with Crippen LogP contribution < -0.4 is 0 Å². The third kappa shape index (κ3) is 1.94. The van der Waals surface area contributed by atoms with Gasteiger partial charge in [-0.15, -0.1) is 0 Å². The molecule has 0 spiro atoms. The molecule has 2 unspecified atom stereocenters. The maximum Gasteiger partial charge on any atom is 0.0812 e. The molecule has 0 saturated carbocycles. The Labute approximate surface area is 100 Å². The smallest absolute Gasteiger partial charge is 0.0812 e. The van der Waals surface area contributed by atoms with E-state index in [-0.39, 0.29) is 0 Å². The molecule has 17 heavy (non-hydrogen) atoms. The van der Waals surface area contributed by atoms with Crippen molar-refractivity contribution >= 4 is 0 Å². The van der Waals surface area contributed by atoms with Gasteiger partial charge in [-0.3, -0.25) is 0 Å². The lowest BCUT2D eigenvalue weighted by molar-refractivity contribution is 0.153. The van der Waals surface area contributed by atoms with Crippen LogP contribution in [0.2, 0.25) is 0 Å². The van der Waals surface area contributed by atoms with E-state index in [0.717, 1.165) is 18.4 Å². The molecule has 2 atom stereocenters. The van der Waals surface area contributed by atoms with Crippen LogP contribution in [0.5, 0.6) is 0 Å². The predicted molar refractivity (Wildman–Crippen MR) is 64.5 cm³/mol. The first-order chi connectivity index (χ1) is 8.34. The summed E-state index contributed by atoms with van der Waals surface area (Å²) < 4.78 is 0. The van der Waals surface area contributed by atoms with Gasteiger partial charge in [0.05, 0.1) is 12.3 Å². The van der Waals surface area contributed by atoms with Crippen molar-refractivity contribution in [2.24, 2.45) is 0 Å². The zero-order valence-corrected chi connectivity index (χ0v) is 9.45. The van der Waals surface area contributed by atoms with E-state index >= 15 is 0 Å². The van der Waals surface area contributed by atoms with Gasteiger partial charge < -0.3 is 5.11 Å². The number of aliphatic hydroxyl groups excluding tert-OH is 1. The summed E-state index contributed by atoms with van der Waals surface area (Å²) in [5, 5.41) is 17.6. The average molecular weight is 226 g/mol. The fourth-order valence-corrected chi connectivity index (χ4v) is 2.48. The van der Waals surface area contributed by atoms with Crippen LogP contribution in [0.25, 0.3) is 0 Å². The minimum Gasteiger partial charge on any atom is -0.388 e. The summed E-state index contributed by atoms with van der Waals surface area (Å²) in [4.78, 5) is 0. The molecule has 2 aromatic rings. The molecule has 0 amide bonds. The predicted octanol–water partition coefficient (Wildman–Crippen LogP) is 2.24. The van der Waals surface area contributed by atoms with Gasteiger partial charge in [0.1, 0.15) is 0 Å². The van der Waals surface area contributed by atoms with Crippen molar-refractivity contribution in [1.82, 2.24) is 10.2 Å². The highest BCUT2D eigenvalue weighted by atomic mass is 16.3. The molecule has 86 valence electrons. The Morgan fingerprint density at radius 3 is 2.88 bits per heavy atom. The number of benzene rings is 1. The van der Waals surface area contributed by atoms with Gasteiger partial charge in [0, 0.05) is 11.8 Å². The van der Waals surface area contributed by atoms with Crippen LogP contribution in [0.1, 0.15) is 35.1 Å². The second kappa shape index (κ2) is 4.26. The second-order valence-corrected chi connectivity index (χ2v) is 4.53. The van der Waals surface area contributed by atoms with Crippen molar-refractivity contribution in [2.75, 3.05) is 0 Å². The van der Waals surface area contributed by atoms with Crippen molar-refractivity contribution in [3.63, 3.8) is 0 Å². The maximum absolute atomic E-state index is 10.1. The van der Waals surface area contributed by atoms with E-state index in [1.54, 1.807) is 12.4 Å². The first-order valence-electron chi connectivity index (χ1n) is 5.87. The molecule has 3 rings (SSSR count). The first kappa shape index (κ1) is 10.4. The minimum absolute atomic E-state index is 0.441. The molecule has 1 aromatic heterocycles. The lowest BCUT2D eigenvalue weighted by atomic mass is 9.74. The first-order valence-corrected chi connectivity index (χ1v) is 5.87. The van der Waals surface area contributed by atoms with Gasteiger partial charge in [0.25, 0.3) is 0 Å². The van der Waals surface area contributed by atoms with Crippen LogP contribution in [-0.4, -0.2) is 15.3 Å². The Balaban J connectivity index is 1.70. The van der Waals surface area contributed by atoms with Gasteiger partial charge in [-0.25, -0.2) is 0 Å². The van der Waals surface area contributed by atoms with Gasteiger partial charge in [-0.1, -0.05) is 24.3 Å². The quantitative estimate of drug-likeness (QED) is 0.873. The van der Waals surface area contributed by atoms with Crippen molar-refractivity contribution in [3.8, 4) is 0 Å². The lowest BCUT2D eigenvalue weighted by Crippen LogP contribution is -2.19. The number of aliphatic hydroxyl groups is 1. The number of nitrogens with zero attached hydrogens (tertiary/aromatic N) is 2. The van der Waals surface area contributed by atoms with E-state index in [4.69, 9.17) is 0 Å². The number of aromatic nitrogens is 2. The molecule has 0 fully saturated rings. The zero-order valence-electron chi connectivity index (χ0n) is 9.45. The molecule has 1 aliphatic rings. The summed E-state index contributed by atoms with van der Waals surface area (Å²) in [5.41, 5.74) is 3.65. The Morgan fingerprint density at radius 1 is 1.24 bits per heavy atom. The van der Waals surface area contributed by atoms with E-state index in [9.17, 15) is 5.11 Å². The number of rotatable bonds is 3. The van der Waals surface area contributed by atoms with Gasteiger partial charge in [-0.2, -0.15) is 10.2 Å². The Morgan fingerprint density at radius 2 is 2.12 bits per heavy atom. The highest BCUT2D eigenvalue weighted by Gasteiger charge is 2.27. The van der Waals surface area contributed by atoms with E-state index in [1.165, 1.54) is 11.1 Å². The highest BCUT2D eigenvalue weighted by Crippen LogP contribution is 2.40. The standard InChI is InChI=1S/C14H14N2O/c17-14(11-5-6-15-16-9-11)8-12-7-10-3-1-2-4-13(10)12/h1-6,9,12,14,17H,7-8H2. The molecule has 1 aromatic carbocycles. The molecule has 0 radical (unpaired) electrons. The molecular weight excluding hydrogens is 212 g/mol. The van der Waals surface area contributed by atoms with E-state index in [1.807, 2.05) is 6.07 Å². The van der Waals surface area contributed by atoms with Crippen molar-refractivity contribution in [1.29, 1.82) is 0 Å². The van der Waals surface area contributed by atoms with Crippen LogP contribution in [0, 0.1) is 0 Å². The SMILES string of the molecule is OC(CC1Cc2ccccc21)c1ccnnc1. The zero-order chi connectivity index (χ0) is 11.7. The summed E-state index contributed by atoms with van der Waals surface area (Å²) in [6, 6.07) is 10.3. The molecular formula is C14H14N2O. The fourth-order valence-electron chi connectivity index (χ4n) is 2.48. The van der Waals surface area contributed by atoms with Crippen LogP contribution in [0.3, 0.4) is 0 Å². The number of hydrogen-bond acceptors (Lipinski definition) is 3. The second-order valence-electron chi connectivity index (χ2n) is 4.53. The summed E-state index contributed by atoms with van der Waals surface area (Å²) in [6.45, 7) is 0. The van der Waals surface area contributed by atoms with E-state index in [2.05, 4.69) is 34.5 Å². The topological polar surface area (TPSA) is 46.0 Å². The Hall–Kier alpha value is -1.74. The van der Waals surface area contributed by atoms with Gasteiger partial charge in [0.15, 0.2) is 0 Å². The lowest BCUT2D eigenvalue weighted by Gasteiger charge is -2.31. The molecule has 0 saturated heterocycles. The summed E-state index contributed by atoms with van der Waals surface area (Å²) >= 11 is 0. The third-order valence-corrected chi connectivity index (χ3v) is 3.46. The van der Waals surface area contributed by atoms with Crippen LogP contribution in [-0.2, 0) is 6.42 Å². The maximum atomic E-state index is 10.1. The summed E-state index contributed by atoms with van der Waals surface area (Å²) in [5.74, 6) is 0.481. The Bertz CT molecular complexity index is 513. The van der Waals surface area contributed by atoms with Crippen molar-refractivity contribution in [3.05, 3.63) is 59.4 Å². The number of hydrogen-bond donors (Lipinski definition) is 1. The summed E-state index contributed by atoms with van der Waals surface area (Å²) in [7, 11) is 0. The molecule has 3 nitrogen and oxygen atoms in total. The van der Waals surface area contributed by atoms with Crippen LogP contribution in [0.15, 0.2) is 42.7 Å². The third-order valence-electron chi connectivity index (χ3n) is 3.46. The summed E-state index contributed by atoms with van der Waals surface area (Å²) in [6.07, 6.45) is 4.65.